The maximum atomic E-state index is 12.5. The van der Waals surface area contributed by atoms with E-state index in [2.05, 4.69) is 0 Å². The zero-order valence-corrected chi connectivity index (χ0v) is 12.5. The summed E-state index contributed by atoms with van der Waals surface area (Å²) in [4.78, 5) is 27.9. The predicted octanol–water partition coefficient (Wildman–Crippen LogP) is 2.26. The topological polar surface area (TPSA) is 49.9 Å². The maximum Gasteiger partial charge on any atom is 0.409 e. The van der Waals surface area contributed by atoms with Crippen molar-refractivity contribution in [2.45, 2.75) is 45.4 Å². The van der Waals surface area contributed by atoms with E-state index in [9.17, 15) is 9.59 Å². The normalized spacial score (nSPS) is 21.4. The van der Waals surface area contributed by atoms with E-state index < -0.39 is 0 Å². The second-order valence-corrected chi connectivity index (χ2v) is 5.70. The first-order valence-corrected chi connectivity index (χ1v) is 7.93. The fraction of sp³-hybridized carbons (Fsp3) is 0.867. The highest BCUT2D eigenvalue weighted by molar-refractivity contribution is 5.79. The molecule has 0 radical (unpaired) electrons. The lowest BCUT2D eigenvalue weighted by Crippen LogP contribution is -2.40. The van der Waals surface area contributed by atoms with Crippen LogP contribution in [0.25, 0.3) is 0 Å². The minimum atomic E-state index is -0.250. The lowest BCUT2D eigenvalue weighted by atomic mass is 9.88. The van der Waals surface area contributed by atoms with Gasteiger partial charge >= 0.3 is 6.09 Å². The third-order valence-corrected chi connectivity index (χ3v) is 4.29. The average molecular weight is 282 g/mol. The fourth-order valence-corrected chi connectivity index (χ4v) is 3.14. The summed E-state index contributed by atoms with van der Waals surface area (Å²) in [7, 11) is 0. The standard InChI is InChI=1S/C15H26N2O3/c1-2-20-15(19)17-10-6-9-16(11-12-17)14(18)13-7-4-3-5-8-13/h13H,2-12H2,1H3. The van der Waals surface area contributed by atoms with E-state index in [1.165, 1.54) is 19.3 Å². The Bertz CT molecular complexity index is 340. The molecule has 20 heavy (non-hydrogen) atoms. The lowest BCUT2D eigenvalue weighted by Gasteiger charge is -2.28. The van der Waals surface area contributed by atoms with Crippen molar-refractivity contribution in [2.24, 2.45) is 5.92 Å². The molecule has 2 amide bonds. The van der Waals surface area contributed by atoms with Crippen LogP contribution in [-0.2, 0) is 9.53 Å². The van der Waals surface area contributed by atoms with Gasteiger partial charge < -0.3 is 14.5 Å². The second kappa shape index (κ2) is 7.50. The fourth-order valence-electron chi connectivity index (χ4n) is 3.14. The predicted molar refractivity (Wildman–Crippen MR) is 76.4 cm³/mol. The molecule has 1 heterocycles. The van der Waals surface area contributed by atoms with Gasteiger partial charge in [0.25, 0.3) is 0 Å². The summed E-state index contributed by atoms with van der Waals surface area (Å²) in [6, 6.07) is 0. The monoisotopic (exact) mass is 282 g/mol. The number of hydrogen-bond donors (Lipinski definition) is 0. The summed E-state index contributed by atoms with van der Waals surface area (Å²) in [6.07, 6.45) is 6.30. The lowest BCUT2D eigenvalue weighted by molar-refractivity contribution is -0.136. The van der Waals surface area contributed by atoms with Crippen molar-refractivity contribution in [3.05, 3.63) is 0 Å². The minimum Gasteiger partial charge on any atom is -0.450 e. The third kappa shape index (κ3) is 3.87. The van der Waals surface area contributed by atoms with Crippen LogP contribution in [0.1, 0.15) is 45.4 Å². The first kappa shape index (κ1) is 15.1. The minimum absolute atomic E-state index is 0.220. The molecular weight excluding hydrogens is 256 g/mol. The summed E-state index contributed by atoms with van der Waals surface area (Å²) in [5, 5.41) is 0. The van der Waals surface area contributed by atoms with Crippen molar-refractivity contribution in [2.75, 3.05) is 32.8 Å². The van der Waals surface area contributed by atoms with Crippen molar-refractivity contribution in [1.82, 2.24) is 9.80 Å². The largest absolute Gasteiger partial charge is 0.450 e. The number of carbonyl (C=O) groups excluding carboxylic acids is 2. The molecule has 1 aliphatic heterocycles. The molecule has 0 aromatic rings. The van der Waals surface area contributed by atoms with Crippen LogP contribution in [0.2, 0.25) is 0 Å². The Labute approximate surface area is 121 Å². The molecule has 2 rings (SSSR count). The van der Waals surface area contributed by atoms with Crippen LogP contribution < -0.4 is 0 Å². The zero-order chi connectivity index (χ0) is 14.4. The molecule has 0 aromatic carbocycles. The quantitative estimate of drug-likeness (QED) is 0.780. The van der Waals surface area contributed by atoms with E-state index in [-0.39, 0.29) is 12.0 Å². The van der Waals surface area contributed by atoms with Crippen LogP contribution in [-0.4, -0.2) is 54.6 Å². The van der Waals surface area contributed by atoms with Crippen molar-refractivity contribution in [3.8, 4) is 0 Å². The molecule has 5 nitrogen and oxygen atoms in total. The molecule has 2 fully saturated rings. The number of amides is 2. The summed E-state index contributed by atoms with van der Waals surface area (Å²) in [6.45, 7) is 4.92. The number of carbonyl (C=O) groups is 2. The van der Waals surface area contributed by atoms with Crippen molar-refractivity contribution < 1.29 is 14.3 Å². The molecule has 1 saturated heterocycles. The number of rotatable bonds is 2. The number of ether oxygens (including phenoxy) is 1. The molecule has 0 atom stereocenters. The summed E-state index contributed by atoms with van der Waals surface area (Å²) in [5.41, 5.74) is 0. The SMILES string of the molecule is CCOC(=O)N1CCCN(C(=O)C2CCCCC2)CC1. The Hall–Kier alpha value is -1.26. The van der Waals surface area contributed by atoms with Gasteiger partial charge in [-0.2, -0.15) is 0 Å². The van der Waals surface area contributed by atoms with E-state index in [0.717, 1.165) is 25.8 Å². The summed E-state index contributed by atoms with van der Waals surface area (Å²) in [5.74, 6) is 0.522. The molecule has 114 valence electrons. The maximum absolute atomic E-state index is 12.5. The van der Waals surface area contributed by atoms with Crippen molar-refractivity contribution in [3.63, 3.8) is 0 Å². The van der Waals surface area contributed by atoms with E-state index in [0.29, 0.717) is 32.1 Å². The second-order valence-electron chi connectivity index (χ2n) is 5.70. The molecule has 5 heteroatoms. The zero-order valence-electron chi connectivity index (χ0n) is 12.5. The van der Waals surface area contributed by atoms with E-state index in [4.69, 9.17) is 4.74 Å². The molecule has 1 saturated carbocycles. The van der Waals surface area contributed by atoms with E-state index in [1.54, 1.807) is 4.90 Å². The van der Waals surface area contributed by atoms with Gasteiger partial charge in [0, 0.05) is 32.1 Å². The summed E-state index contributed by atoms with van der Waals surface area (Å²) >= 11 is 0. The van der Waals surface area contributed by atoms with Crippen LogP contribution >= 0.6 is 0 Å². The van der Waals surface area contributed by atoms with Gasteiger partial charge in [0.2, 0.25) is 5.91 Å². The van der Waals surface area contributed by atoms with E-state index in [1.807, 2.05) is 11.8 Å². The smallest absolute Gasteiger partial charge is 0.409 e. The van der Waals surface area contributed by atoms with Gasteiger partial charge in [0.05, 0.1) is 6.61 Å². The average Bonchev–Trinajstić information content (AvgIpc) is 2.73. The van der Waals surface area contributed by atoms with Crippen LogP contribution in [0.5, 0.6) is 0 Å². The Morgan fingerprint density at radius 3 is 2.30 bits per heavy atom. The van der Waals surface area contributed by atoms with Gasteiger partial charge in [-0.05, 0) is 26.2 Å². The molecule has 1 aliphatic carbocycles. The van der Waals surface area contributed by atoms with Crippen LogP contribution in [0.3, 0.4) is 0 Å². The van der Waals surface area contributed by atoms with Gasteiger partial charge in [-0.1, -0.05) is 19.3 Å². The molecular formula is C15H26N2O3. The molecule has 0 aromatic heterocycles. The van der Waals surface area contributed by atoms with Crippen molar-refractivity contribution >= 4 is 12.0 Å². The molecule has 2 aliphatic rings. The molecule has 0 unspecified atom stereocenters. The van der Waals surface area contributed by atoms with Gasteiger partial charge in [-0.3, -0.25) is 4.79 Å². The number of nitrogens with zero attached hydrogens (tertiary/aromatic N) is 2. The van der Waals surface area contributed by atoms with Crippen LogP contribution in [0.4, 0.5) is 4.79 Å². The highest BCUT2D eigenvalue weighted by Gasteiger charge is 2.28. The Morgan fingerprint density at radius 2 is 1.60 bits per heavy atom. The molecule has 0 N–H and O–H groups in total. The highest BCUT2D eigenvalue weighted by Crippen LogP contribution is 2.25. The Morgan fingerprint density at radius 1 is 0.950 bits per heavy atom. The van der Waals surface area contributed by atoms with Gasteiger partial charge in [-0.15, -0.1) is 0 Å². The Kier molecular flexibility index (Phi) is 5.68. The van der Waals surface area contributed by atoms with Gasteiger partial charge in [0.1, 0.15) is 0 Å². The van der Waals surface area contributed by atoms with Crippen LogP contribution in [0, 0.1) is 5.92 Å². The highest BCUT2D eigenvalue weighted by atomic mass is 16.6. The third-order valence-electron chi connectivity index (χ3n) is 4.29. The van der Waals surface area contributed by atoms with Gasteiger partial charge in [0.15, 0.2) is 0 Å². The first-order chi connectivity index (χ1) is 9.72. The van der Waals surface area contributed by atoms with Crippen molar-refractivity contribution in [1.29, 1.82) is 0 Å². The Balaban J connectivity index is 1.85. The summed E-state index contributed by atoms with van der Waals surface area (Å²) < 4.78 is 5.03. The van der Waals surface area contributed by atoms with Crippen LogP contribution in [0.15, 0.2) is 0 Å². The van der Waals surface area contributed by atoms with Gasteiger partial charge in [-0.25, -0.2) is 4.79 Å². The number of hydrogen-bond acceptors (Lipinski definition) is 3. The first-order valence-electron chi connectivity index (χ1n) is 7.93. The molecule has 0 spiro atoms. The molecule has 0 bridgehead atoms. The van der Waals surface area contributed by atoms with E-state index >= 15 is 0 Å².